The summed E-state index contributed by atoms with van der Waals surface area (Å²) in [6.07, 6.45) is 3.32. The number of aliphatic hydroxyl groups excluding tert-OH is 1. The van der Waals surface area contributed by atoms with Crippen LogP contribution in [0.3, 0.4) is 0 Å². The summed E-state index contributed by atoms with van der Waals surface area (Å²) in [7, 11) is 0. The summed E-state index contributed by atoms with van der Waals surface area (Å²) in [5.74, 6) is 0. The van der Waals surface area contributed by atoms with E-state index in [0.29, 0.717) is 0 Å². The second-order valence-corrected chi connectivity index (χ2v) is 3.88. The number of aliphatic hydroxyl groups is 1. The molecule has 1 aliphatic heterocycles. The van der Waals surface area contributed by atoms with Crippen molar-refractivity contribution in [3.8, 4) is 0 Å². The zero-order valence-corrected chi connectivity index (χ0v) is 8.39. The van der Waals surface area contributed by atoms with E-state index in [2.05, 4.69) is 4.90 Å². The van der Waals surface area contributed by atoms with Gasteiger partial charge in [-0.25, -0.2) is 0 Å². The van der Waals surface area contributed by atoms with Gasteiger partial charge in [0.2, 0.25) is 0 Å². The molecule has 1 aliphatic rings. The van der Waals surface area contributed by atoms with Crippen LogP contribution in [0, 0.1) is 0 Å². The molecule has 0 amide bonds. The highest BCUT2D eigenvalue weighted by Crippen LogP contribution is 2.21. The fraction of sp³-hybridized carbons (Fsp3) is 0.500. The van der Waals surface area contributed by atoms with Gasteiger partial charge in [0.1, 0.15) is 6.23 Å². The van der Waals surface area contributed by atoms with Gasteiger partial charge in [0, 0.05) is 13.1 Å². The van der Waals surface area contributed by atoms with Crippen molar-refractivity contribution >= 4 is 0 Å². The molecule has 0 aromatic heterocycles. The molecule has 1 saturated heterocycles. The lowest BCUT2D eigenvalue weighted by atomic mass is 10.1. The lowest BCUT2D eigenvalue weighted by Gasteiger charge is -2.31. The van der Waals surface area contributed by atoms with Crippen LogP contribution in [0.15, 0.2) is 30.3 Å². The second kappa shape index (κ2) is 4.58. The van der Waals surface area contributed by atoms with Crippen LogP contribution in [0.2, 0.25) is 0 Å². The van der Waals surface area contributed by atoms with Crippen LogP contribution in [0.1, 0.15) is 31.1 Å². The highest BCUT2D eigenvalue weighted by atomic mass is 16.3. The molecule has 1 unspecified atom stereocenters. The van der Waals surface area contributed by atoms with Crippen LogP contribution < -0.4 is 0 Å². The third-order valence-corrected chi connectivity index (χ3v) is 2.83. The van der Waals surface area contributed by atoms with Crippen LogP contribution in [0.5, 0.6) is 0 Å². The maximum atomic E-state index is 10.1. The minimum Gasteiger partial charge on any atom is -0.374 e. The Morgan fingerprint density at radius 1 is 1.00 bits per heavy atom. The SMILES string of the molecule is OC(c1ccccc1)N1CCCCC1. The molecule has 2 heteroatoms. The Morgan fingerprint density at radius 2 is 1.64 bits per heavy atom. The fourth-order valence-electron chi connectivity index (χ4n) is 2.00. The number of benzene rings is 1. The normalized spacial score (nSPS) is 20.6. The molecule has 1 atom stereocenters. The Morgan fingerprint density at radius 3 is 2.29 bits per heavy atom. The molecule has 14 heavy (non-hydrogen) atoms. The van der Waals surface area contributed by atoms with E-state index in [1.807, 2.05) is 30.3 Å². The lowest BCUT2D eigenvalue weighted by Crippen LogP contribution is -2.33. The lowest BCUT2D eigenvalue weighted by molar-refractivity contribution is -0.00982. The van der Waals surface area contributed by atoms with Crippen LogP contribution in [0.25, 0.3) is 0 Å². The minimum absolute atomic E-state index is 0.406. The van der Waals surface area contributed by atoms with Crippen molar-refractivity contribution in [1.82, 2.24) is 4.90 Å². The second-order valence-electron chi connectivity index (χ2n) is 3.88. The molecule has 0 saturated carbocycles. The van der Waals surface area contributed by atoms with E-state index >= 15 is 0 Å². The van der Waals surface area contributed by atoms with Crippen LogP contribution >= 0.6 is 0 Å². The largest absolute Gasteiger partial charge is 0.374 e. The third-order valence-electron chi connectivity index (χ3n) is 2.83. The maximum absolute atomic E-state index is 10.1. The van der Waals surface area contributed by atoms with Crippen molar-refractivity contribution in [3.05, 3.63) is 35.9 Å². The zero-order chi connectivity index (χ0) is 9.80. The summed E-state index contributed by atoms with van der Waals surface area (Å²) in [5, 5.41) is 10.1. The first-order valence-corrected chi connectivity index (χ1v) is 5.35. The summed E-state index contributed by atoms with van der Waals surface area (Å²) < 4.78 is 0. The zero-order valence-electron chi connectivity index (χ0n) is 8.39. The molecule has 0 spiro atoms. The van der Waals surface area contributed by atoms with Crippen molar-refractivity contribution in [2.45, 2.75) is 25.5 Å². The van der Waals surface area contributed by atoms with Gasteiger partial charge >= 0.3 is 0 Å². The van der Waals surface area contributed by atoms with E-state index < -0.39 is 6.23 Å². The molecule has 1 heterocycles. The van der Waals surface area contributed by atoms with E-state index in [0.717, 1.165) is 18.7 Å². The number of hydrogen-bond donors (Lipinski definition) is 1. The molecule has 1 N–H and O–H groups in total. The molecular weight excluding hydrogens is 174 g/mol. The number of nitrogens with zero attached hydrogens (tertiary/aromatic N) is 1. The molecule has 0 radical (unpaired) electrons. The maximum Gasteiger partial charge on any atom is 0.133 e. The van der Waals surface area contributed by atoms with E-state index in [1.54, 1.807) is 0 Å². The molecule has 2 rings (SSSR count). The van der Waals surface area contributed by atoms with Crippen molar-refractivity contribution in [3.63, 3.8) is 0 Å². The molecule has 76 valence electrons. The van der Waals surface area contributed by atoms with Crippen LogP contribution in [-0.4, -0.2) is 23.1 Å². The van der Waals surface area contributed by atoms with Gasteiger partial charge in [-0.2, -0.15) is 0 Å². The molecule has 1 fully saturated rings. The van der Waals surface area contributed by atoms with Gasteiger partial charge in [0.25, 0.3) is 0 Å². The van der Waals surface area contributed by atoms with Gasteiger partial charge < -0.3 is 5.11 Å². The van der Waals surface area contributed by atoms with Crippen molar-refractivity contribution in [2.24, 2.45) is 0 Å². The highest BCUT2D eigenvalue weighted by molar-refractivity contribution is 5.16. The predicted molar refractivity (Wildman–Crippen MR) is 56.8 cm³/mol. The van der Waals surface area contributed by atoms with Crippen molar-refractivity contribution in [2.75, 3.05) is 13.1 Å². The van der Waals surface area contributed by atoms with Gasteiger partial charge in [0.15, 0.2) is 0 Å². The first kappa shape index (κ1) is 9.69. The summed E-state index contributed by atoms with van der Waals surface area (Å²) in [6, 6.07) is 9.90. The predicted octanol–water partition coefficient (Wildman–Crippen LogP) is 2.16. The van der Waals surface area contributed by atoms with Crippen LogP contribution in [-0.2, 0) is 0 Å². The number of piperidine rings is 1. The van der Waals surface area contributed by atoms with Crippen molar-refractivity contribution in [1.29, 1.82) is 0 Å². The van der Waals surface area contributed by atoms with E-state index in [1.165, 1.54) is 19.3 Å². The number of likely N-dealkylation sites (tertiary alicyclic amines) is 1. The standard InChI is InChI=1S/C12H17NO/c14-12(11-7-3-1-4-8-11)13-9-5-2-6-10-13/h1,3-4,7-8,12,14H,2,5-6,9-10H2. The monoisotopic (exact) mass is 191 g/mol. The van der Waals surface area contributed by atoms with Crippen LogP contribution in [0.4, 0.5) is 0 Å². The minimum atomic E-state index is -0.406. The number of rotatable bonds is 2. The molecule has 2 nitrogen and oxygen atoms in total. The number of hydrogen-bond acceptors (Lipinski definition) is 2. The Kier molecular flexibility index (Phi) is 3.17. The highest BCUT2D eigenvalue weighted by Gasteiger charge is 2.18. The quantitative estimate of drug-likeness (QED) is 0.774. The average molecular weight is 191 g/mol. The van der Waals surface area contributed by atoms with Gasteiger partial charge in [-0.15, -0.1) is 0 Å². The van der Waals surface area contributed by atoms with E-state index in [-0.39, 0.29) is 0 Å². The smallest absolute Gasteiger partial charge is 0.133 e. The third kappa shape index (κ3) is 2.14. The fourth-order valence-corrected chi connectivity index (χ4v) is 2.00. The summed E-state index contributed by atoms with van der Waals surface area (Å²) in [6.45, 7) is 2.05. The average Bonchev–Trinajstić information content (AvgIpc) is 2.30. The Hall–Kier alpha value is -0.860. The first-order chi connectivity index (χ1) is 6.88. The van der Waals surface area contributed by atoms with Gasteiger partial charge in [0.05, 0.1) is 0 Å². The first-order valence-electron chi connectivity index (χ1n) is 5.35. The van der Waals surface area contributed by atoms with Gasteiger partial charge in [-0.05, 0) is 18.4 Å². The summed E-state index contributed by atoms with van der Waals surface area (Å²) in [5.41, 5.74) is 1.01. The molecular formula is C12H17NO. The Balaban J connectivity index is 2.03. The van der Waals surface area contributed by atoms with Crippen molar-refractivity contribution < 1.29 is 5.11 Å². The summed E-state index contributed by atoms with van der Waals surface area (Å²) >= 11 is 0. The van der Waals surface area contributed by atoms with Gasteiger partial charge in [-0.3, -0.25) is 4.90 Å². The molecule has 0 bridgehead atoms. The Bertz CT molecular complexity index is 267. The Labute approximate surface area is 85.2 Å². The molecule has 0 aliphatic carbocycles. The van der Waals surface area contributed by atoms with E-state index in [9.17, 15) is 5.11 Å². The van der Waals surface area contributed by atoms with E-state index in [4.69, 9.17) is 0 Å². The molecule has 1 aromatic carbocycles. The van der Waals surface area contributed by atoms with Gasteiger partial charge in [-0.1, -0.05) is 36.8 Å². The summed E-state index contributed by atoms with van der Waals surface area (Å²) in [4.78, 5) is 2.15. The molecule has 1 aromatic rings. The topological polar surface area (TPSA) is 23.5 Å².